The highest BCUT2D eigenvalue weighted by molar-refractivity contribution is 6.42. The van der Waals surface area contributed by atoms with Crippen molar-refractivity contribution >= 4 is 34.8 Å². The maximum absolute atomic E-state index is 13.1. The first-order chi connectivity index (χ1) is 16.3. The molecule has 0 bridgehead atoms. The van der Waals surface area contributed by atoms with Crippen LogP contribution in [-0.2, 0) is 16.9 Å². The number of nitro groups is 1. The molecule has 9 heteroatoms. The van der Waals surface area contributed by atoms with E-state index in [0.29, 0.717) is 33.7 Å². The van der Waals surface area contributed by atoms with Gasteiger partial charge in [-0.1, -0.05) is 59.6 Å². The van der Waals surface area contributed by atoms with E-state index in [-0.39, 0.29) is 11.0 Å². The Morgan fingerprint density at radius 2 is 1.79 bits per heavy atom. The number of amides is 1. The fourth-order valence-corrected chi connectivity index (χ4v) is 5.46. The van der Waals surface area contributed by atoms with Crippen LogP contribution in [0.15, 0.2) is 66.7 Å². The summed E-state index contributed by atoms with van der Waals surface area (Å²) in [6, 6.07) is 18.1. The predicted molar refractivity (Wildman–Crippen MR) is 130 cm³/mol. The van der Waals surface area contributed by atoms with Crippen LogP contribution in [0.25, 0.3) is 0 Å². The molecule has 1 saturated heterocycles. The van der Waals surface area contributed by atoms with Crippen LogP contribution in [0.5, 0.6) is 5.75 Å². The molecule has 5 rings (SSSR count). The van der Waals surface area contributed by atoms with Gasteiger partial charge in [0.1, 0.15) is 12.4 Å². The van der Waals surface area contributed by atoms with Gasteiger partial charge in [-0.25, -0.2) is 0 Å². The normalized spacial score (nSPS) is 25.3. The van der Waals surface area contributed by atoms with E-state index in [1.54, 1.807) is 48.5 Å². The van der Waals surface area contributed by atoms with Gasteiger partial charge in [0.2, 0.25) is 0 Å². The number of carbonyl (C=O) groups is 1. The van der Waals surface area contributed by atoms with Crippen LogP contribution in [0.3, 0.4) is 0 Å². The summed E-state index contributed by atoms with van der Waals surface area (Å²) in [6.07, 6.45) is 0. The van der Waals surface area contributed by atoms with Crippen LogP contribution < -0.4 is 15.4 Å². The highest BCUT2D eigenvalue weighted by atomic mass is 35.5. The molecule has 4 atom stereocenters. The number of hydrogen-bond donors (Lipinski definition) is 2. The zero-order valence-electron chi connectivity index (χ0n) is 18.1. The maximum atomic E-state index is 13.1. The van der Waals surface area contributed by atoms with Gasteiger partial charge in [0.25, 0.3) is 11.9 Å². The lowest BCUT2D eigenvalue weighted by Gasteiger charge is -2.25. The summed E-state index contributed by atoms with van der Waals surface area (Å²) in [5.41, 5.74) is 1.42. The number of para-hydroxylation sites is 1. The van der Waals surface area contributed by atoms with Crippen LogP contribution in [-0.4, -0.2) is 22.9 Å². The molecule has 1 spiro atoms. The first-order valence-electron chi connectivity index (χ1n) is 10.8. The first kappa shape index (κ1) is 22.7. The van der Waals surface area contributed by atoms with E-state index in [4.69, 9.17) is 27.9 Å². The molecule has 0 saturated carbocycles. The first-order valence-corrected chi connectivity index (χ1v) is 11.6. The summed E-state index contributed by atoms with van der Waals surface area (Å²) >= 11 is 12.0. The Bertz CT molecular complexity index is 1280. The second-order valence-corrected chi connectivity index (χ2v) is 9.42. The van der Waals surface area contributed by atoms with Gasteiger partial charge in [0.15, 0.2) is 5.54 Å². The number of rotatable bonds is 5. The van der Waals surface area contributed by atoms with Crippen molar-refractivity contribution in [3.63, 3.8) is 0 Å². The molecule has 2 N–H and O–H groups in total. The number of hydrogen-bond acceptors (Lipinski definition) is 5. The Kier molecular flexibility index (Phi) is 5.72. The van der Waals surface area contributed by atoms with E-state index in [0.717, 1.165) is 11.1 Å². The van der Waals surface area contributed by atoms with Crippen LogP contribution in [0.1, 0.15) is 29.5 Å². The van der Waals surface area contributed by atoms with E-state index >= 15 is 0 Å². The van der Waals surface area contributed by atoms with Crippen LogP contribution in [0.4, 0.5) is 5.69 Å². The Hall–Kier alpha value is -3.13. The summed E-state index contributed by atoms with van der Waals surface area (Å²) in [4.78, 5) is 25.1. The van der Waals surface area contributed by atoms with Gasteiger partial charge >= 0.3 is 0 Å². The maximum Gasteiger partial charge on any atom is 0.256 e. The molecule has 2 heterocycles. The summed E-state index contributed by atoms with van der Waals surface area (Å²) in [5, 5.41) is 19.4. The van der Waals surface area contributed by atoms with Crippen molar-refractivity contribution in [2.75, 3.05) is 5.32 Å². The lowest BCUT2D eigenvalue weighted by atomic mass is 9.78. The highest BCUT2D eigenvalue weighted by Gasteiger charge is 2.67. The highest BCUT2D eigenvalue weighted by Crippen LogP contribution is 2.49. The standard InChI is InChI=1S/C25H21Cl2N3O4/c1-14-22(16-7-9-17(10-8-16)34-13-15-6-11-19(26)20(27)12-15)23(30(32)33)25(29-14)18-4-2-3-5-21(18)28-24(25)31/h2-12,14,22-23,29H,13H2,1H3,(H,28,31)/t14-,22+,23+,25-/m0/s1. The van der Waals surface area contributed by atoms with Gasteiger partial charge < -0.3 is 10.1 Å². The molecule has 0 unspecified atom stereocenters. The van der Waals surface area contributed by atoms with Gasteiger partial charge in [-0.05, 0) is 48.4 Å². The number of halogens is 2. The van der Waals surface area contributed by atoms with Crippen molar-refractivity contribution in [3.8, 4) is 5.75 Å². The number of carbonyl (C=O) groups excluding carboxylic acids is 1. The Balaban J connectivity index is 1.41. The van der Waals surface area contributed by atoms with Crippen LogP contribution in [0, 0.1) is 10.1 Å². The molecule has 7 nitrogen and oxygen atoms in total. The topological polar surface area (TPSA) is 93.5 Å². The second kappa shape index (κ2) is 8.58. The fourth-order valence-electron chi connectivity index (χ4n) is 5.14. The molecule has 0 radical (unpaired) electrons. The van der Waals surface area contributed by atoms with E-state index < -0.39 is 23.4 Å². The Morgan fingerprint density at radius 1 is 1.06 bits per heavy atom. The molecule has 2 aliphatic rings. The average molecular weight is 498 g/mol. The Labute approximate surface area is 206 Å². The number of fused-ring (bicyclic) bond motifs is 2. The minimum absolute atomic E-state index is 0.301. The number of nitrogens with one attached hydrogen (secondary N) is 2. The molecular formula is C25H21Cl2N3O4. The largest absolute Gasteiger partial charge is 0.489 e. The van der Waals surface area contributed by atoms with E-state index in [9.17, 15) is 14.9 Å². The van der Waals surface area contributed by atoms with Crippen molar-refractivity contribution in [1.29, 1.82) is 0 Å². The van der Waals surface area contributed by atoms with E-state index in [1.165, 1.54) is 0 Å². The van der Waals surface area contributed by atoms with Crippen molar-refractivity contribution in [3.05, 3.63) is 104 Å². The molecule has 3 aromatic rings. The molecule has 2 aliphatic heterocycles. The third-order valence-electron chi connectivity index (χ3n) is 6.62. The van der Waals surface area contributed by atoms with Crippen LogP contribution in [0.2, 0.25) is 10.0 Å². The second-order valence-electron chi connectivity index (χ2n) is 8.60. The zero-order valence-corrected chi connectivity index (χ0v) is 19.6. The van der Waals surface area contributed by atoms with E-state index in [1.807, 2.05) is 25.1 Å². The van der Waals surface area contributed by atoms with Gasteiger partial charge in [0, 0.05) is 22.2 Å². The average Bonchev–Trinajstić information content (AvgIpc) is 3.29. The quantitative estimate of drug-likeness (QED) is 0.375. The van der Waals surface area contributed by atoms with Gasteiger partial charge in [-0.3, -0.25) is 20.2 Å². The molecule has 3 aromatic carbocycles. The van der Waals surface area contributed by atoms with Crippen molar-refractivity contribution < 1.29 is 14.5 Å². The SMILES string of the molecule is C[C@@H]1N[C@]2(C(=O)Nc3ccccc32)[C@H]([N+](=O)[O-])[C@H]1c1ccc(OCc2ccc(Cl)c(Cl)c2)cc1. The fraction of sp³-hybridized carbons (Fsp3) is 0.240. The Morgan fingerprint density at radius 3 is 2.50 bits per heavy atom. The van der Waals surface area contributed by atoms with Crippen molar-refractivity contribution in [1.82, 2.24) is 5.32 Å². The third-order valence-corrected chi connectivity index (χ3v) is 7.36. The van der Waals surface area contributed by atoms with E-state index in [2.05, 4.69) is 10.6 Å². The molecule has 34 heavy (non-hydrogen) atoms. The minimum atomic E-state index is -1.42. The smallest absolute Gasteiger partial charge is 0.256 e. The van der Waals surface area contributed by atoms with Crippen LogP contribution >= 0.6 is 23.2 Å². The summed E-state index contributed by atoms with van der Waals surface area (Å²) in [5.74, 6) is -0.299. The lowest BCUT2D eigenvalue weighted by Crippen LogP contribution is -2.54. The molecule has 1 fully saturated rings. The number of nitrogens with zero attached hydrogens (tertiary/aromatic N) is 1. The molecule has 0 aliphatic carbocycles. The number of anilines is 1. The number of ether oxygens (including phenoxy) is 1. The summed E-state index contributed by atoms with van der Waals surface area (Å²) < 4.78 is 5.85. The zero-order chi connectivity index (χ0) is 24.0. The predicted octanol–water partition coefficient (Wildman–Crippen LogP) is 5.14. The number of benzene rings is 3. The minimum Gasteiger partial charge on any atom is -0.489 e. The lowest BCUT2D eigenvalue weighted by molar-refractivity contribution is -0.532. The summed E-state index contributed by atoms with van der Waals surface area (Å²) in [7, 11) is 0. The summed E-state index contributed by atoms with van der Waals surface area (Å²) in [6.45, 7) is 2.17. The third kappa shape index (κ3) is 3.60. The van der Waals surface area contributed by atoms with Crippen molar-refractivity contribution in [2.45, 2.75) is 37.1 Å². The molecule has 1 amide bonds. The molecule has 174 valence electrons. The van der Waals surface area contributed by atoms with Gasteiger partial charge in [-0.15, -0.1) is 0 Å². The molecule has 0 aromatic heterocycles. The van der Waals surface area contributed by atoms with Gasteiger partial charge in [0.05, 0.1) is 16.0 Å². The monoisotopic (exact) mass is 497 g/mol. The van der Waals surface area contributed by atoms with Crippen molar-refractivity contribution in [2.24, 2.45) is 0 Å². The van der Waals surface area contributed by atoms with Gasteiger partial charge in [-0.2, -0.15) is 0 Å². The molecular weight excluding hydrogens is 477 g/mol.